The van der Waals surface area contributed by atoms with E-state index in [1.165, 1.54) is 57.9 Å². The Balaban J connectivity index is 0.000000311. The van der Waals surface area contributed by atoms with Gasteiger partial charge >= 0.3 is 0 Å². The standard InChI is InChI=1S/C44H57N2O.C16H21NO3/c1-8-45-39-24-18-31(2)27-37(39)43(4,5)41(45)16-12-9-13-17-42-44(6,7)38-28-32(3)19-25-40(38)46(42)26-14-10-11-15-36(47)23-22-35-30-33-20-21-34(35)29-33;1-3-5-6-7-15(20-12-18)17-16(19)14-10-8-13(4-2)9-11-14/h9,12-13,16-21,24-25,27-28,33-35H,8,10-11,14-15,22-23,26,29-30H2,1-7H3;4,8-12,15H,2-3,5-7H2,1H3,(H,17,19)/q+1;/t33?,34-,35+;/m0./s1. The molecule has 7 rings (SSSR count). The fourth-order valence-corrected chi connectivity index (χ4v) is 10.8. The van der Waals surface area contributed by atoms with Gasteiger partial charge in [-0.3, -0.25) is 14.4 Å². The zero-order valence-electron chi connectivity index (χ0n) is 41.9. The van der Waals surface area contributed by atoms with Crippen LogP contribution in [-0.2, 0) is 25.2 Å². The second kappa shape index (κ2) is 23.4. The lowest BCUT2D eigenvalue weighted by Crippen LogP contribution is -2.36. The van der Waals surface area contributed by atoms with Crippen LogP contribution in [0.4, 0.5) is 11.4 Å². The van der Waals surface area contributed by atoms with Gasteiger partial charge in [0.05, 0.1) is 5.41 Å². The van der Waals surface area contributed by atoms with Gasteiger partial charge < -0.3 is 15.0 Å². The Kier molecular flexibility index (Phi) is 17.8. The minimum Gasteiger partial charge on any atom is -0.444 e. The van der Waals surface area contributed by atoms with Crippen LogP contribution < -0.4 is 10.2 Å². The van der Waals surface area contributed by atoms with E-state index in [1.54, 1.807) is 18.2 Å². The minimum atomic E-state index is -0.564. The number of nitrogens with one attached hydrogen (secondary N) is 1. The first-order valence-corrected chi connectivity index (χ1v) is 25.2. The Bertz CT molecular complexity index is 2380. The van der Waals surface area contributed by atoms with Crippen molar-refractivity contribution >= 4 is 41.3 Å². The van der Waals surface area contributed by atoms with Crippen molar-refractivity contribution in [3.8, 4) is 0 Å². The predicted molar refractivity (Wildman–Crippen MR) is 278 cm³/mol. The van der Waals surface area contributed by atoms with Crippen LogP contribution in [0, 0.1) is 31.6 Å². The second-order valence-electron chi connectivity index (χ2n) is 20.3. The molecule has 3 aromatic carbocycles. The second-order valence-corrected chi connectivity index (χ2v) is 20.3. The lowest BCUT2D eigenvalue weighted by atomic mass is 9.81. The summed E-state index contributed by atoms with van der Waals surface area (Å²) in [6, 6.07) is 20.8. The molecule has 1 amide bonds. The molecular weight excluding hydrogens is 827 g/mol. The Hall–Kier alpha value is -5.56. The van der Waals surface area contributed by atoms with E-state index in [4.69, 9.17) is 4.74 Å². The highest BCUT2D eigenvalue weighted by molar-refractivity contribution is 6.03. The molecule has 3 aromatic rings. The number of anilines is 1. The van der Waals surface area contributed by atoms with Gasteiger partial charge in [-0.15, -0.1) is 0 Å². The third-order valence-electron chi connectivity index (χ3n) is 14.7. The number of hydrogen-bond donors (Lipinski definition) is 1. The van der Waals surface area contributed by atoms with Crippen molar-refractivity contribution in [2.45, 2.75) is 149 Å². The van der Waals surface area contributed by atoms with Crippen molar-refractivity contribution in [2.75, 3.05) is 18.0 Å². The van der Waals surface area contributed by atoms with E-state index in [0.717, 1.165) is 94.2 Å². The smallest absolute Gasteiger partial charge is 0.295 e. The van der Waals surface area contributed by atoms with Gasteiger partial charge in [0.1, 0.15) is 12.3 Å². The normalized spacial score (nSPS) is 20.6. The van der Waals surface area contributed by atoms with E-state index in [2.05, 4.69) is 156 Å². The molecule has 0 aromatic heterocycles. The average molecular weight is 905 g/mol. The van der Waals surface area contributed by atoms with Crippen molar-refractivity contribution in [1.82, 2.24) is 5.32 Å². The highest BCUT2D eigenvalue weighted by atomic mass is 16.5. The molecule has 2 heterocycles. The number of ether oxygens (including phenoxy) is 1. The first-order chi connectivity index (χ1) is 32.2. The Morgan fingerprint density at radius 2 is 1.60 bits per heavy atom. The van der Waals surface area contributed by atoms with Gasteiger partial charge in [0.2, 0.25) is 5.69 Å². The minimum absolute atomic E-state index is 0.0260. The highest BCUT2D eigenvalue weighted by Crippen LogP contribution is 2.48. The number of hydrogen-bond acceptors (Lipinski definition) is 5. The van der Waals surface area contributed by atoms with E-state index >= 15 is 0 Å². The summed E-state index contributed by atoms with van der Waals surface area (Å²) in [4.78, 5) is 37.7. The molecule has 356 valence electrons. The number of nitrogens with zero attached hydrogens (tertiary/aromatic N) is 2. The van der Waals surface area contributed by atoms with Crippen molar-refractivity contribution < 1.29 is 23.7 Å². The molecule has 7 nitrogen and oxygen atoms in total. The van der Waals surface area contributed by atoms with Crippen LogP contribution in [0.5, 0.6) is 0 Å². The van der Waals surface area contributed by atoms with E-state index in [9.17, 15) is 14.4 Å². The summed E-state index contributed by atoms with van der Waals surface area (Å²) in [7, 11) is 0. The quantitative estimate of drug-likeness (QED) is 0.0271. The number of unbranched alkanes of at least 4 members (excludes halogenated alkanes) is 4. The molecule has 0 spiro atoms. The fraction of sp³-hybridized carbons (Fsp3) is 0.467. The highest BCUT2D eigenvalue weighted by Gasteiger charge is 2.44. The van der Waals surface area contributed by atoms with Gasteiger partial charge in [-0.05, 0) is 132 Å². The number of allylic oxidation sites excluding steroid dienone is 8. The van der Waals surface area contributed by atoms with Crippen molar-refractivity contribution in [2.24, 2.45) is 17.8 Å². The Labute approximate surface area is 402 Å². The molecule has 0 radical (unpaired) electrons. The zero-order chi connectivity index (χ0) is 48.1. The van der Waals surface area contributed by atoms with Crippen molar-refractivity contribution in [3.63, 3.8) is 0 Å². The number of Topliss-reactive ketones (excluding diaryl/α,β-unsaturated/α-hetero) is 1. The largest absolute Gasteiger partial charge is 0.444 e. The summed E-state index contributed by atoms with van der Waals surface area (Å²) in [5, 5.41) is 2.71. The van der Waals surface area contributed by atoms with Crippen LogP contribution in [-0.4, -0.2) is 47.8 Å². The molecular formula is C60H78N3O4+. The molecule has 4 atom stereocenters. The van der Waals surface area contributed by atoms with Gasteiger partial charge in [-0.1, -0.05) is 118 Å². The molecule has 1 fully saturated rings. The van der Waals surface area contributed by atoms with Gasteiger partial charge in [0.25, 0.3) is 12.4 Å². The summed E-state index contributed by atoms with van der Waals surface area (Å²) in [6.45, 7) is 24.1. The Morgan fingerprint density at radius 1 is 0.851 bits per heavy atom. The predicted octanol–water partition coefficient (Wildman–Crippen LogP) is 13.8. The maximum Gasteiger partial charge on any atom is 0.295 e. The van der Waals surface area contributed by atoms with Crippen molar-refractivity contribution in [3.05, 3.63) is 149 Å². The average Bonchev–Trinajstić information content (AvgIpc) is 4.04. The fourth-order valence-electron chi connectivity index (χ4n) is 10.8. The summed E-state index contributed by atoms with van der Waals surface area (Å²) < 4.78 is 7.44. The number of ketones is 1. The van der Waals surface area contributed by atoms with Crippen LogP contribution in [0.25, 0.3) is 6.08 Å². The number of aryl methyl sites for hydroxylation is 2. The number of fused-ring (bicyclic) bond motifs is 4. The van der Waals surface area contributed by atoms with Crippen LogP contribution in [0.15, 0.2) is 115 Å². The van der Waals surface area contributed by atoms with E-state index in [1.807, 2.05) is 12.1 Å². The van der Waals surface area contributed by atoms with Gasteiger partial charge in [-0.2, -0.15) is 4.58 Å². The molecule has 1 saturated carbocycles. The van der Waals surface area contributed by atoms with Crippen LogP contribution in [0.1, 0.15) is 157 Å². The summed E-state index contributed by atoms with van der Waals surface area (Å²) in [5.41, 5.74) is 12.2. The molecule has 2 bridgehead atoms. The number of carbonyl (C=O) groups excluding carboxylic acids is 3. The first-order valence-electron chi connectivity index (χ1n) is 25.2. The maximum atomic E-state index is 12.7. The first kappa shape index (κ1) is 50.8. The number of likely N-dealkylation sites (N-methyl/N-ethyl adjacent to an activating group) is 1. The summed E-state index contributed by atoms with van der Waals surface area (Å²) >= 11 is 0. The topological polar surface area (TPSA) is 78.7 Å². The van der Waals surface area contributed by atoms with Gasteiger partial charge in [0.15, 0.2) is 11.9 Å². The number of benzene rings is 3. The third kappa shape index (κ3) is 12.5. The number of carbonyl (C=O) groups is 3. The lowest BCUT2D eigenvalue weighted by Gasteiger charge is -2.25. The molecule has 67 heavy (non-hydrogen) atoms. The van der Waals surface area contributed by atoms with Crippen LogP contribution in [0.3, 0.4) is 0 Å². The molecule has 1 N–H and O–H groups in total. The molecule has 2 unspecified atom stereocenters. The summed E-state index contributed by atoms with van der Waals surface area (Å²) in [5.74, 6) is 2.53. The zero-order valence-corrected chi connectivity index (χ0v) is 41.9. The molecule has 7 heteroatoms. The van der Waals surface area contributed by atoms with E-state index < -0.39 is 6.23 Å². The van der Waals surface area contributed by atoms with Gasteiger partial charge in [0, 0.05) is 72.3 Å². The lowest BCUT2D eigenvalue weighted by molar-refractivity contribution is -0.438. The molecule has 2 aliphatic heterocycles. The Morgan fingerprint density at radius 3 is 2.27 bits per heavy atom. The maximum absolute atomic E-state index is 12.7. The SMILES string of the molecule is C=Cc1ccc(C(=O)NC(CCCCC)OC=O)cc1.CCN1C(=CC=CC=CC2=[N+](CCCCCC(=O)CC[C@@H]3CC4C=C[C@H]3C4)c3ccc(C)cc3C2(C)C)C(C)(C)c2cc(C)ccc21. The van der Waals surface area contributed by atoms with Crippen molar-refractivity contribution in [1.29, 1.82) is 0 Å². The number of rotatable bonds is 22. The third-order valence-corrected chi connectivity index (χ3v) is 14.7. The van der Waals surface area contributed by atoms with E-state index in [0.29, 0.717) is 24.2 Å². The van der Waals surface area contributed by atoms with Gasteiger partial charge in [-0.25, -0.2) is 0 Å². The van der Waals surface area contributed by atoms with E-state index in [-0.39, 0.29) is 16.7 Å². The molecule has 2 aliphatic carbocycles. The monoisotopic (exact) mass is 905 g/mol. The molecule has 4 aliphatic rings. The van der Waals surface area contributed by atoms with Crippen LogP contribution in [0.2, 0.25) is 0 Å². The molecule has 0 saturated heterocycles. The number of amides is 1. The summed E-state index contributed by atoms with van der Waals surface area (Å²) in [6.07, 6.45) is 29.3. The van der Waals surface area contributed by atoms with Crippen LogP contribution >= 0.6 is 0 Å².